The van der Waals surface area contributed by atoms with Crippen molar-refractivity contribution in [2.45, 2.75) is 19.4 Å². The average Bonchev–Trinajstić information content (AvgIpc) is 2.29. The molecule has 1 atom stereocenters. The van der Waals surface area contributed by atoms with Crippen LogP contribution in [0, 0.1) is 0 Å². The van der Waals surface area contributed by atoms with E-state index < -0.39 is 9.84 Å². The lowest BCUT2D eigenvalue weighted by molar-refractivity contribution is 0.526. The van der Waals surface area contributed by atoms with Crippen molar-refractivity contribution in [3.8, 4) is 0 Å². The van der Waals surface area contributed by atoms with Crippen molar-refractivity contribution in [3.63, 3.8) is 0 Å². The molecule has 1 aliphatic heterocycles. The Labute approximate surface area is 96.8 Å². The molecule has 1 unspecified atom stereocenters. The molecule has 0 fully saturated rings. The van der Waals surface area contributed by atoms with E-state index in [0.29, 0.717) is 0 Å². The molecule has 0 spiro atoms. The van der Waals surface area contributed by atoms with Crippen LogP contribution in [0.15, 0.2) is 24.3 Å². The van der Waals surface area contributed by atoms with Gasteiger partial charge >= 0.3 is 0 Å². The molecule has 0 aliphatic carbocycles. The van der Waals surface area contributed by atoms with Crippen molar-refractivity contribution in [2.24, 2.45) is 0 Å². The molecule has 3 nitrogen and oxygen atoms in total. The zero-order chi connectivity index (χ0) is 11.6. The molecular formula is C12H17NO2S. The van der Waals surface area contributed by atoms with Gasteiger partial charge in [0, 0.05) is 11.8 Å². The van der Waals surface area contributed by atoms with Crippen LogP contribution in [0.2, 0.25) is 0 Å². The zero-order valence-corrected chi connectivity index (χ0v) is 10.3. The second kappa shape index (κ2) is 4.55. The van der Waals surface area contributed by atoms with Crippen LogP contribution in [0.1, 0.15) is 24.1 Å². The third kappa shape index (κ3) is 2.44. The number of benzene rings is 1. The van der Waals surface area contributed by atoms with Crippen LogP contribution in [0.3, 0.4) is 0 Å². The van der Waals surface area contributed by atoms with Crippen molar-refractivity contribution < 1.29 is 8.42 Å². The number of hydrogen-bond donors (Lipinski definition) is 1. The van der Waals surface area contributed by atoms with Gasteiger partial charge in [0.05, 0.1) is 5.75 Å². The van der Waals surface area contributed by atoms with Gasteiger partial charge < -0.3 is 5.32 Å². The number of hydrogen-bond acceptors (Lipinski definition) is 3. The van der Waals surface area contributed by atoms with Crippen LogP contribution in [-0.4, -0.2) is 26.5 Å². The van der Waals surface area contributed by atoms with Crippen molar-refractivity contribution in [1.82, 2.24) is 5.32 Å². The van der Waals surface area contributed by atoms with Gasteiger partial charge in [0.1, 0.15) is 0 Å². The number of rotatable bonds is 3. The summed E-state index contributed by atoms with van der Waals surface area (Å²) in [6, 6.07) is 8.06. The van der Waals surface area contributed by atoms with E-state index in [9.17, 15) is 8.42 Å². The molecule has 0 saturated carbocycles. The fourth-order valence-corrected chi connectivity index (χ4v) is 3.15. The van der Waals surface area contributed by atoms with E-state index in [0.717, 1.165) is 18.5 Å². The molecule has 1 aromatic rings. The van der Waals surface area contributed by atoms with Gasteiger partial charge in [-0.05, 0) is 24.1 Å². The second-order valence-electron chi connectivity index (χ2n) is 4.15. The monoisotopic (exact) mass is 239 g/mol. The Bertz CT molecular complexity index is 468. The number of sulfone groups is 1. The first-order valence-electron chi connectivity index (χ1n) is 5.64. The quantitative estimate of drug-likeness (QED) is 0.865. The predicted octanol–water partition coefficient (Wildman–Crippen LogP) is 1.31. The maximum absolute atomic E-state index is 11.6. The summed E-state index contributed by atoms with van der Waals surface area (Å²) in [4.78, 5) is 0. The summed E-state index contributed by atoms with van der Waals surface area (Å²) in [5.74, 6) is 0.424. The molecule has 16 heavy (non-hydrogen) atoms. The minimum Gasteiger partial charge on any atom is -0.309 e. The third-order valence-corrected chi connectivity index (χ3v) is 4.80. The van der Waals surface area contributed by atoms with Gasteiger partial charge in [0.25, 0.3) is 0 Å². The molecule has 1 heterocycles. The Kier molecular flexibility index (Phi) is 3.30. The van der Waals surface area contributed by atoms with E-state index in [-0.39, 0.29) is 17.5 Å². The first-order valence-corrected chi connectivity index (χ1v) is 7.46. The summed E-state index contributed by atoms with van der Waals surface area (Å²) >= 11 is 0. The van der Waals surface area contributed by atoms with Gasteiger partial charge in [0.15, 0.2) is 9.84 Å². The van der Waals surface area contributed by atoms with Crippen molar-refractivity contribution in [1.29, 1.82) is 0 Å². The van der Waals surface area contributed by atoms with Gasteiger partial charge in [-0.2, -0.15) is 0 Å². The van der Waals surface area contributed by atoms with E-state index in [4.69, 9.17) is 0 Å². The molecule has 0 bridgehead atoms. The Balaban J connectivity index is 2.26. The standard InChI is InChI=1S/C12H17NO2S/c1-2-16(14,15)9-12-11-6-4-3-5-10(11)7-8-13-12/h3-6,12-13H,2,7-9H2,1H3. The summed E-state index contributed by atoms with van der Waals surface area (Å²) in [7, 11) is -2.92. The van der Waals surface area contributed by atoms with Crippen LogP contribution in [-0.2, 0) is 16.3 Å². The minimum absolute atomic E-state index is 0.0325. The SMILES string of the molecule is CCS(=O)(=O)CC1NCCc2ccccc21. The summed E-state index contributed by atoms with van der Waals surface area (Å²) in [6.07, 6.45) is 0.985. The van der Waals surface area contributed by atoms with Gasteiger partial charge in [-0.1, -0.05) is 31.2 Å². The smallest absolute Gasteiger partial charge is 0.151 e. The van der Waals surface area contributed by atoms with Crippen LogP contribution in [0.5, 0.6) is 0 Å². The molecular weight excluding hydrogens is 222 g/mol. The van der Waals surface area contributed by atoms with Crippen molar-refractivity contribution in [3.05, 3.63) is 35.4 Å². The first kappa shape index (κ1) is 11.6. The molecule has 4 heteroatoms. The summed E-state index contributed by atoms with van der Waals surface area (Å²) < 4.78 is 23.3. The predicted molar refractivity (Wildman–Crippen MR) is 65.2 cm³/mol. The fourth-order valence-electron chi connectivity index (χ4n) is 2.11. The largest absolute Gasteiger partial charge is 0.309 e. The van der Waals surface area contributed by atoms with Gasteiger partial charge in [-0.15, -0.1) is 0 Å². The fraction of sp³-hybridized carbons (Fsp3) is 0.500. The molecule has 0 amide bonds. The molecule has 1 aromatic carbocycles. The van der Waals surface area contributed by atoms with Crippen LogP contribution < -0.4 is 5.32 Å². The van der Waals surface area contributed by atoms with Gasteiger partial charge in [-0.25, -0.2) is 8.42 Å². The Morgan fingerprint density at radius 2 is 2.12 bits per heavy atom. The van der Waals surface area contributed by atoms with E-state index >= 15 is 0 Å². The zero-order valence-electron chi connectivity index (χ0n) is 9.44. The first-order chi connectivity index (χ1) is 7.62. The topological polar surface area (TPSA) is 46.2 Å². The second-order valence-corrected chi connectivity index (χ2v) is 6.55. The summed E-state index contributed by atoms with van der Waals surface area (Å²) in [6.45, 7) is 2.56. The Hall–Kier alpha value is -0.870. The molecule has 1 N–H and O–H groups in total. The van der Waals surface area contributed by atoms with E-state index in [1.54, 1.807) is 6.92 Å². The lowest BCUT2D eigenvalue weighted by Gasteiger charge is -2.26. The summed E-state index contributed by atoms with van der Waals surface area (Å²) in [5.41, 5.74) is 2.42. The molecule has 0 radical (unpaired) electrons. The number of fused-ring (bicyclic) bond motifs is 1. The molecule has 88 valence electrons. The normalized spacial score (nSPS) is 20.4. The highest BCUT2D eigenvalue weighted by Gasteiger charge is 2.23. The highest BCUT2D eigenvalue weighted by Crippen LogP contribution is 2.23. The maximum atomic E-state index is 11.6. The van der Waals surface area contributed by atoms with Crippen LogP contribution >= 0.6 is 0 Å². The van der Waals surface area contributed by atoms with Crippen LogP contribution in [0.25, 0.3) is 0 Å². The van der Waals surface area contributed by atoms with Gasteiger partial charge in [-0.3, -0.25) is 0 Å². The van der Waals surface area contributed by atoms with E-state index in [1.807, 2.05) is 18.2 Å². The van der Waals surface area contributed by atoms with E-state index in [1.165, 1.54) is 5.56 Å². The maximum Gasteiger partial charge on any atom is 0.151 e. The summed E-state index contributed by atoms with van der Waals surface area (Å²) in [5, 5.41) is 3.29. The lowest BCUT2D eigenvalue weighted by atomic mass is 9.95. The lowest BCUT2D eigenvalue weighted by Crippen LogP contribution is -2.34. The molecule has 0 aromatic heterocycles. The van der Waals surface area contributed by atoms with Gasteiger partial charge in [0.2, 0.25) is 0 Å². The van der Waals surface area contributed by atoms with Crippen LogP contribution in [0.4, 0.5) is 0 Å². The average molecular weight is 239 g/mol. The number of nitrogens with one attached hydrogen (secondary N) is 1. The highest BCUT2D eigenvalue weighted by atomic mass is 32.2. The minimum atomic E-state index is -2.92. The van der Waals surface area contributed by atoms with E-state index in [2.05, 4.69) is 11.4 Å². The third-order valence-electron chi connectivity index (χ3n) is 3.08. The molecule has 1 aliphatic rings. The highest BCUT2D eigenvalue weighted by molar-refractivity contribution is 7.91. The molecule has 2 rings (SSSR count). The van der Waals surface area contributed by atoms with Crippen molar-refractivity contribution in [2.75, 3.05) is 18.1 Å². The molecule has 0 saturated heterocycles. The Morgan fingerprint density at radius 3 is 2.88 bits per heavy atom. The van der Waals surface area contributed by atoms with Crippen molar-refractivity contribution >= 4 is 9.84 Å². The Morgan fingerprint density at radius 1 is 1.38 bits per heavy atom.